The van der Waals surface area contributed by atoms with Crippen LogP contribution in [-0.4, -0.2) is 52.9 Å². The van der Waals surface area contributed by atoms with Crippen molar-refractivity contribution in [1.29, 1.82) is 0 Å². The van der Waals surface area contributed by atoms with E-state index >= 15 is 0 Å². The molecule has 2 amide bonds. The molecule has 0 saturated carbocycles. The van der Waals surface area contributed by atoms with Gasteiger partial charge in [0.05, 0.1) is 16.5 Å². The first-order valence-electron chi connectivity index (χ1n) is 10.6. The second-order valence-corrected chi connectivity index (χ2v) is 9.15. The van der Waals surface area contributed by atoms with Crippen LogP contribution >= 0.6 is 11.6 Å². The van der Waals surface area contributed by atoms with Crippen molar-refractivity contribution in [3.63, 3.8) is 0 Å². The fraction of sp³-hybridized carbons (Fsp3) is 0.391. The number of carbonyl (C=O) groups excluding carboxylic acids is 2. The van der Waals surface area contributed by atoms with Gasteiger partial charge in [-0.05, 0) is 55.2 Å². The molecule has 168 valence electrons. The van der Waals surface area contributed by atoms with Crippen molar-refractivity contribution in [2.45, 2.75) is 25.3 Å². The summed E-state index contributed by atoms with van der Waals surface area (Å²) in [6.45, 7) is 1.90. The molecule has 3 saturated heterocycles. The molecule has 3 aliphatic heterocycles. The lowest BCUT2D eigenvalue weighted by Crippen LogP contribution is -2.48. The van der Waals surface area contributed by atoms with Crippen LogP contribution in [0, 0.1) is 22.9 Å². The highest BCUT2D eigenvalue weighted by Crippen LogP contribution is 2.47. The minimum atomic E-state index is -0.662. The van der Waals surface area contributed by atoms with Crippen molar-refractivity contribution in [2.24, 2.45) is 5.41 Å². The molecule has 0 aromatic heterocycles. The van der Waals surface area contributed by atoms with Crippen LogP contribution in [0.25, 0.3) is 0 Å². The first-order valence-corrected chi connectivity index (χ1v) is 10.9. The van der Waals surface area contributed by atoms with Gasteiger partial charge >= 0.3 is 0 Å². The second kappa shape index (κ2) is 7.78. The van der Waals surface area contributed by atoms with Gasteiger partial charge in [-0.25, -0.2) is 18.2 Å². The maximum atomic E-state index is 13.8. The second-order valence-electron chi connectivity index (χ2n) is 8.75. The lowest BCUT2D eigenvalue weighted by molar-refractivity contribution is -0.144. The largest absolute Gasteiger partial charge is 0.339 e. The van der Waals surface area contributed by atoms with Crippen LogP contribution in [0.4, 0.5) is 13.2 Å². The van der Waals surface area contributed by atoms with Crippen molar-refractivity contribution in [1.82, 2.24) is 14.9 Å². The van der Waals surface area contributed by atoms with Gasteiger partial charge in [-0.15, -0.1) is 0 Å². The van der Waals surface area contributed by atoms with E-state index in [0.717, 1.165) is 12.1 Å². The number of amides is 2. The van der Waals surface area contributed by atoms with Gasteiger partial charge in [0, 0.05) is 37.8 Å². The van der Waals surface area contributed by atoms with E-state index in [1.54, 1.807) is 9.91 Å². The van der Waals surface area contributed by atoms with E-state index in [2.05, 4.69) is 0 Å². The highest BCUT2D eigenvalue weighted by atomic mass is 35.5. The number of benzene rings is 2. The molecule has 0 N–H and O–H groups in total. The standard InChI is InChI=1S/C23H21ClF3N3O2/c24-18-2-1-14(11-19(18)27)21(31)28-7-4-23(5-8-28)13-29-6-3-20(30(29)22(23)32)15-9-16(25)12-17(26)10-15/h1-2,9-12,20H,3-8,13H2/t20-/m0/s1. The van der Waals surface area contributed by atoms with Crippen molar-refractivity contribution in [2.75, 3.05) is 26.2 Å². The van der Waals surface area contributed by atoms with Gasteiger partial charge in [0.2, 0.25) is 5.91 Å². The molecule has 0 bridgehead atoms. The van der Waals surface area contributed by atoms with Crippen LogP contribution in [0.15, 0.2) is 36.4 Å². The minimum absolute atomic E-state index is 0.0435. The lowest BCUT2D eigenvalue weighted by atomic mass is 9.77. The molecule has 2 aromatic rings. The Bertz CT molecular complexity index is 1080. The van der Waals surface area contributed by atoms with E-state index in [1.807, 2.05) is 5.01 Å². The summed E-state index contributed by atoms with van der Waals surface area (Å²) >= 11 is 5.70. The molecule has 0 radical (unpaired) electrons. The van der Waals surface area contributed by atoms with Crippen LogP contribution in [0.5, 0.6) is 0 Å². The molecule has 5 rings (SSSR count). The zero-order chi connectivity index (χ0) is 22.6. The van der Waals surface area contributed by atoms with E-state index in [-0.39, 0.29) is 22.4 Å². The van der Waals surface area contributed by atoms with E-state index in [1.165, 1.54) is 24.3 Å². The summed E-state index contributed by atoms with van der Waals surface area (Å²) in [6.07, 6.45) is 1.56. The lowest BCUT2D eigenvalue weighted by Gasteiger charge is -2.38. The number of fused-ring (bicyclic) bond motifs is 1. The van der Waals surface area contributed by atoms with E-state index < -0.39 is 28.9 Å². The Labute approximate surface area is 188 Å². The zero-order valence-corrected chi connectivity index (χ0v) is 17.9. The molecule has 9 heteroatoms. The fourth-order valence-corrected chi connectivity index (χ4v) is 5.30. The Kier molecular flexibility index (Phi) is 5.17. The third-order valence-electron chi connectivity index (χ3n) is 6.85. The molecule has 3 aliphatic rings. The van der Waals surface area contributed by atoms with Gasteiger partial charge in [0.15, 0.2) is 0 Å². The molecule has 0 aliphatic carbocycles. The Morgan fingerprint density at radius 1 is 1.00 bits per heavy atom. The summed E-state index contributed by atoms with van der Waals surface area (Å²) in [6, 6.07) is 6.95. The maximum Gasteiger partial charge on any atom is 0.253 e. The summed E-state index contributed by atoms with van der Waals surface area (Å²) < 4.78 is 41.3. The predicted octanol–water partition coefficient (Wildman–Crippen LogP) is 4.18. The Hall–Kier alpha value is -2.58. The number of rotatable bonds is 2. The van der Waals surface area contributed by atoms with Gasteiger partial charge in [0.25, 0.3) is 5.91 Å². The van der Waals surface area contributed by atoms with Gasteiger partial charge in [-0.1, -0.05) is 11.6 Å². The number of carbonyl (C=O) groups is 2. The minimum Gasteiger partial charge on any atom is -0.339 e. The third-order valence-corrected chi connectivity index (χ3v) is 7.16. The zero-order valence-electron chi connectivity index (χ0n) is 17.2. The van der Waals surface area contributed by atoms with Crippen LogP contribution < -0.4 is 0 Å². The Morgan fingerprint density at radius 2 is 1.69 bits per heavy atom. The van der Waals surface area contributed by atoms with Crippen molar-refractivity contribution in [3.8, 4) is 0 Å². The monoisotopic (exact) mass is 463 g/mol. The fourth-order valence-electron chi connectivity index (χ4n) is 5.18. The van der Waals surface area contributed by atoms with Crippen molar-refractivity contribution >= 4 is 23.4 Å². The smallest absolute Gasteiger partial charge is 0.253 e. The first kappa shape index (κ1) is 21.3. The highest BCUT2D eigenvalue weighted by Gasteiger charge is 2.56. The summed E-state index contributed by atoms with van der Waals surface area (Å²) in [5.74, 6) is -2.33. The number of hydrogen-bond acceptors (Lipinski definition) is 3. The molecule has 32 heavy (non-hydrogen) atoms. The summed E-state index contributed by atoms with van der Waals surface area (Å²) in [4.78, 5) is 27.9. The number of hydrogen-bond donors (Lipinski definition) is 0. The van der Waals surface area contributed by atoms with Crippen molar-refractivity contribution < 1.29 is 22.8 Å². The van der Waals surface area contributed by atoms with Crippen LogP contribution in [0.1, 0.15) is 41.2 Å². The van der Waals surface area contributed by atoms with Crippen LogP contribution in [-0.2, 0) is 4.79 Å². The molecule has 1 atom stereocenters. The van der Waals surface area contributed by atoms with Crippen LogP contribution in [0.3, 0.4) is 0 Å². The number of nitrogens with zero attached hydrogens (tertiary/aromatic N) is 3. The normalized spacial score (nSPS) is 22.6. The molecule has 5 nitrogen and oxygen atoms in total. The number of halogens is 4. The van der Waals surface area contributed by atoms with Gasteiger partial charge < -0.3 is 4.90 Å². The van der Waals surface area contributed by atoms with Crippen LogP contribution in [0.2, 0.25) is 5.02 Å². The molecule has 3 heterocycles. The molecule has 3 fully saturated rings. The Balaban J connectivity index is 1.31. The number of hydrazine groups is 1. The first-order chi connectivity index (χ1) is 15.3. The topological polar surface area (TPSA) is 43.9 Å². The third kappa shape index (κ3) is 3.46. The number of likely N-dealkylation sites (tertiary alicyclic amines) is 1. The predicted molar refractivity (Wildman–Crippen MR) is 111 cm³/mol. The average molecular weight is 464 g/mol. The number of piperidine rings is 1. The molecular weight excluding hydrogens is 443 g/mol. The van der Waals surface area contributed by atoms with E-state index in [4.69, 9.17) is 11.6 Å². The van der Waals surface area contributed by atoms with Crippen molar-refractivity contribution in [3.05, 3.63) is 70.0 Å². The maximum absolute atomic E-state index is 13.8. The molecular formula is C23H21ClF3N3O2. The molecule has 0 unspecified atom stereocenters. The van der Waals surface area contributed by atoms with Gasteiger partial charge in [-0.3, -0.25) is 14.6 Å². The Morgan fingerprint density at radius 3 is 2.34 bits per heavy atom. The van der Waals surface area contributed by atoms with Gasteiger partial charge in [-0.2, -0.15) is 0 Å². The summed E-state index contributed by atoms with van der Waals surface area (Å²) in [7, 11) is 0. The molecule has 1 spiro atoms. The highest BCUT2D eigenvalue weighted by molar-refractivity contribution is 6.30. The SMILES string of the molecule is O=C(c1ccc(Cl)c(F)c1)N1CCC2(CC1)CN1CC[C@@H](c3cc(F)cc(F)c3)N1C2=O. The summed E-state index contributed by atoms with van der Waals surface area (Å²) in [5, 5.41) is 3.57. The van der Waals surface area contributed by atoms with E-state index in [9.17, 15) is 22.8 Å². The van der Waals surface area contributed by atoms with E-state index in [0.29, 0.717) is 51.0 Å². The average Bonchev–Trinajstić information content (AvgIpc) is 3.28. The summed E-state index contributed by atoms with van der Waals surface area (Å²) in [5.41, 5.74) is 0.0398. The van der Waals surface area contributed by atoms with Gasteiger partial charge in [0.1, 0.15) is 17.5 Å². The molecule has 2 aromatic carbocycles. The quantitative estimate of drug-likeness (QED) is 0.671.